The maximum Gasteiger partial charge on any atom is 0.340 e. The van der Waals surface area contributed by atoms with Crippen LogP contribution in [0.4, 0.5) is 17.1 Å². The third kappa shape index (κ3) is 4.19. The zero-order chi connectivity index (χ0) is 20.9. The highest BCUT2D eigenvalue weighted by molar-refractivity contribution is 7.99. The summed E-state index contributed by atoms with van der Waals surface area (Å²) in [7, 11) is 0. The third-order valence-electron chi connectivity index (χ3n) is 4.79. The minimum atomic E-state index is -0.440. The van der Waals surface area contributed by atoms with Crippen LogP contribution in [0.15, 0.2) is 82.6 Å². The second kappa shape index (κ2) is 9.05. The van der Waals surface area contributed by atoms with Gasteiger partial charge >= 0.3 is 5.97 Å². The molecule has 5 nitrogen and oxygen atoms in total. The summed E-state index contributed by atoms with van der Waals surface area (Å²) in [5, 5.41) is 2.87. The fraction of sp³-hybridized carbons (Fsp3) is 0.167. The van der Waals surface area contributed by atoms with Crippen LogP contribution in [-0.4, -0.2) is 25.0 Å². The molecule has 0 atom stereocenters. The van der Waals surface area contributed by atoms with E-state index < -0.39 is 5.97 Å². The van der Waals surface area contributed by atoms with Gasteiger partial charge in [-0.2, -0.15) is 0 Å². The van der Waals surface area contributed by atoms with Gasteiger partial charge in [0, 0.05) is 22.8 Å². The van der Waals surface area contributed by atoms with E-state index in [-0.39, 0.29) is 18.9 Å². The van der Waals surface area contributed by atoms with Crippen molar-refractivity contribution < 1.29 is 14.3 Å². The molecule has 152 valence electrons. The summed E-state index contributed by atoms with van der Waals surface area (Å²) >= 11 is 1.74. The summed E-state index contributed by atoms with van der Waals surface area (Å²) in [5.74, 6) is -0.593. The fourth-order valence-corrected chi connectivity index (χ4v) is 4.52. The van der Waals surface area contributed by atoms with Crippen LogP contribution in [-0.2, 0) is 9.53 Å². The van der Waals surface area contributed by atoms with Crippen molar-refractivity contribution in [3.63, 3.8) is 0 Å². The number of rotatable bonds is 6. The molecule has 0 bridgehead atoms. The summed E-state index contributed by atoms with van der Waals surface area (Å²) in [6.07, 6.45) is 0.282. The van der Waals surface area contributed by atoms with Crippen molar-refractivity contribution in [3.05, 3.63) is 78.4 Å². The van der Waals surface area contributed by atoms with Gasteiger partial charge in [0.15, 0.2) is 0 Å². The molecule has 3 aromatic rings. The number of hydrogen-bond acceptors (Lipinski definition) is 5. The molecule has 0 unspecified atom stereocenters. The number of carbonyl (C=O) groups is 2. The summed E-state index contributed by atoms with van der Waals surface area (Å²) in [6, 6.07) is 23.3. The Morgan fingerprint density at radius 2 is 1.50 bits per heavy atom. The maximum atomic E-state index is 12.7. The molecule has 30 heavy (non-hydrogen) atoms. The summed E-state index contributed by atoms with van der Waals surface area (Å²) in [4.78, 5) is 29.4. The molecule has 0 fully saturated rings. The SMILES string of the molecule is CCOC(=O)c1ccccc1NC(=O)CCN1c2ccccc2Sc2ccccc21. The van der Waals surface area contributed by atoms with Gasteiger partial charge in [0.2, 0.25) is 5.91 Å². The second-order valence-corrected chi connectivity index (χ2v) is 7.84. The largest absolute Gasteiger partial charge is 0.462 e. The Balaban J connectivity index is 1.50. The lowest BCUT2D eigenvalue weighted by Crippen LogP contribution is -2.26. The molecule has 1 N–H and O–H groups in total. The Kier molecular flexibility index (Phi) is 6.05. The van der Waals surface area contributed by atoms with Gasteiger partial charge in [-0.1, -0.05) is 48.2 Å². The predicted octanol–water partition coefficient (Wildman–Crippen LogP) is 5.49. The smallest absolute Gasteiger partial charge is 0.340 e. The van der Waals surface area contributed by atoms with E-state index in [9.17, 15) is 9.59 Å². The number of para-hydroxylation sites is 3. The monoisotopic (exact) mass is 418 g/mol. The summed E-state index contributed by atoms with van der Waals surface area (Å²) in [6.45, 7) is 2.57. The molecule has 0 aliphatic carbocycles. The molecule has 0 radical (unpaired) electrons. The van der Waals surface area contributed by atoms with Gasteiger partial charge in [-0.15, -0.1) is 0 Å². The first-order valence-electron chi connectivity index (χ1n) is 9.87. The molecule has 0 spiro atoms. The van der Waals surface area contributed by atoms with E-state index in [1.807, 2.05) is 24.3 Å². The number of ether oxygens (including phenoxy) is 1. The molecule has 4 rings (SSSR count). The highest BCUT2D eigenvalue weighted by Gasteiger charge is 2.23. The molecule has 0 saturated heterocycles. The lowest BCUT2D eigenvalue weighted by molar-refractivity contribution is -0.116. The second-order valence-electron chi connectivity index (χ2n) is 6.75. The number of benzene rings is 3. The molecule has 3 aromatic carbocycles. The number of fused-ring (bicyclic) bond motifs is 2. The fourth-order valence-electron chi connectivity index (χ4n) is 3.43. The zero-order valence-corrected chi connectivity index (χ0v) is 17.4. The average molecular weight is 419 g/mol. The highest BCUT2D eigenvalue weighted by atomic mass is 32.2. The Hall–Kier alpha value is -3.25. The maximum absolute atomic E-state index is 12.7. The Morgan fingerprint density at radius 3 is 2.17 bits per heavy atom. The van der Waals surface area contributed by atoms with Crippen LogP contribution >= 0.6 is 11.8 Å². The van der Waals surface area contributed by atoms with E-state index in [4.69, 9.17) is 4.74 Å². The first-order valence-corrected chi connectivity index (χ1v) is 10.7. The van der Waals surface area contributed by atoms with E-state index in [1.54, 1.807) is 43.0 Å². The van der Waals surface area contributed by atoms with Gasteiger partial charge in [0.1, 0.15) is 0 Å². The van der Waals surface area contributed by atoms with Gasteiger partial charge in [-0.25, -0.2) is 4.79 Å². The summed E-state index contributed by atoms with van der Waals surface area (Å²) in [5.41, 5.74) is 3.02. The van der Waals surface area contributed by atoms with E-state index in [2.05, 4.69) is 34.5 Å². The minimum Gasteiger partial charge on any atom is -0.462 e. The quantitative estimate of drug-likeness (QED) is 0.536. The molecule has 1 aliphatic heterocycles. The molecule has 6 heteroatoms. The number of anilines is 3. The normalized spacial score (nSPS) is 12.0. The first kappa shape index (κ1) is 20.0. The van der Waals surface area contributed by atoms with Crippen LogP contribution in [0.5, 0.6) is 0 Å². The Labute approximate surface area is 180 Å². The Morgan fingerprint density at radius 1 is 0.900 bits per heavy atom. The molecular formula is C24H22N2O3S. The molecule has 0 saturated carbocycles. The van der Waals surface area contributed by atoms with E-state index in [0.29, 0.717) is 17.8 Å². The van der Waals surface area contributed by atoms with Crippen molar-refractivity contribution in [1.82, 2.24) is 0 Å². The molecule has 0 aromatic heterocycles. The van der Waals surface area contributed by atoms with Gasteiger partial charge in [-0.3, -0.25) is 4.79 Å². The van der Waals surface area contributed by atoms with Gasteiger partial charge < -0.3 is 15.0 Å². The van der Waals surface area contributed by atoms with Gasteiger partial charge in [0.25, 0.3) is 0 Å². The standard InChI is InChI=1S/C24H22N2O3S/c1-2-29-24(28)17-9-3-4-10-18(17)25-23(27)15-16-26-19-11-5-7-13-21(19)30-22-14-8-6-12-20(22)26/h3-14H,2,15-16H2,1H3,(H,25,27). The van der Waals surface area contributed by atoms with Crippen LogP contribution in [0.2, 0.25) is 0 Å². The van der Waals surface area contributed by atoms with Crippen LogP contribution in [0.25, 0.3) is 0 Å². The highest BCUT2D eigenvalue weighted by Crippen LogP contribution is 2.47. The number of esters is 1. The van der Waals surface area contributed by atoms with Crippen LogP contribution in [0.1, 0.15) is 23.7 Å². The van der Waals surface area contributed by atoms with Gasteiger partial charge in [0.05, 0.1) is 29.2 Å². The van der Waals surface area contributed by atoms with Crippen molar-refractivity contribution in [1.29, 1.82) is 0 Å². The molecule has 1 heterocycles. The number of amides is 1. The van der Waals surface area contributed by atoms with Crippen LogP contribution < -0.4 is 10.2 Å². The number of nitrogens with one attached hydrogen (secondary N) is 1. The van der Waals surface area contributed by atoms with Crippen molar-refractivity contribution in [2.45, 2.75) is 23.1 Å². The molecular weight excluding hydrogens is 396 g/mol. The van der Waals surface area contributed by atoms with E-state index >= 15 is 0 Å². The van der Waals surface area contributed by atoms with Crippen LogP contribution in [0, 0.1) is 0 Å². The molecule has 1 amide bonds. The first-order chi connectivity index (χ1) is 14.7. The topological polar surface area (TPSA) is 58.6 Å². The van der Waals surface area contributed by atoms with Crippen molar-refractivity contribution in [3.8, 4) is 0 Å². The number of carbonyl (C=O) groups excluding carboxylic acids is 2. The van der Waals surface area contributed by atoms with Crippen molar-refractivity contribution in [2.75, 3.05) is 23.4 Å². The number of hydrogen-bond donors (Lipinski definition) is 1. The predicted molar refractivity (Wildman–Crippen MR) is 120 cm³/mol. The minimum absolute atomic E-state index is 0.153. The lowest BCUT2D eigenvalue weighted by atomic mass is 10.1. The van der Waals surface area contributed by atoms with E-state index in [0.717, 1.165) is 11.4 Å². The van der Waals surface area contributed by atoms with E-state index in [1.165, 1.54) is 9.79 Å². The Bertz CT molecular complexity index is 1040. The third-order valence-corrected chi connectivity index (χ3v) is 5.92. The van der Waals surface area contributed by atoms with Crippen molar-refractivity contribution in [2.24, 2.45) is 0 Å². The van der Waals surface area contributed by atoms with Crippen molar-refractivity contribution >= 4 is 40.7 Å². The lowest BCUT2D eigenvalue weighted by Gasteiger charge is -2.32. The zero-order valence-electron chi connectivity index (χ0n) is 16.6. The summed E-state index contributed by atoms with van der Waals surface area (Å²) < 4.78 is 5.08. The van der Waals surface area contributed by atoms with Crippen LogP contribution in [0.3, 0.4) is 0 Å². The molecule has 1 aliphatic rings. The van der Waals surface area contributed by atoms with Gasteiger partial charge in [-0.05, 0) is 43.3 Å². The average Bonchev–Trinajstić information content (AvgIpc) is 2.77. The number of nitrogens with zero attached hydrogens (tertiary/aromatic N) is 1.